The van der Waals surface area contributed by atoms with E-state index in [1.165, 1.54) is 18.4 Å². The lowest BCUT2D eigenvalue weighted by Gasteiger charge is -2.27. The summed E-state index contributed by atoms with van der Waals surface area (Å²) in [7, 11) is -0.487. The number of nitrogens with one attached hydrogen (secondary N) is 2. The van der Waals surface area contributed by atoms with E-state index in [2.05, 4.69) is 34.9 Å². The summed E-state index contributed by atoms with van der Waals surface area (Å²) in [5, 5.41) is 6.05. The number of methoxy groups -OCH3 is 1. The standard InChI is InChI=1S/C37H46FN5O6S2/c1-21(2)29-20-50-34(41-29)28-17-31(26-12-13-30(48-4)32(38)33(26)40-28)49-24-15-22-19-39-37(36(45)42-51(46,47)25-10-11-25)18-23(37)9-7-5-6-8-14-43(3)35(44)27(22)16-24/h7,9,12-13,17,20-25,27,39H,5-6,8,10-11,14-16,18-19H2,1-4H3,(H,42,45)/b9-7-/t22-,23+,24+,27+,37+/m0/s1. The topological polar surface area (TPSA) is 140 Å². The van der Waals surface area contributed by atoms with Crippen molar-refractivity contribution in [2.75, 3.05) is 27.2 Å². The first-order valence-electron chi connectivity index (χ1n) is 17.9. The number of sulfonamides is 1. The molecule has 1 aliphatic heterocycles. The molecule has 1 aromatic carbocycles. The predicted octanol–water partition coefficient (Wildman–Crippen LogP) is 5.56. The molecule has 274 valence electrons. The molecule has 3 aliphatic carbocycles. The predicted molar refractivity (Wildman–Crippen MR) is 194 cm³/mol. The average molecular weight is 740 g/mol. The normalized spacial score (nSPS) is 27.8. The monoisotopic (exact) mass is 739 g/mol. The Morgan fingerprint density at radius 3 is 2.71 bits per heavy atom. The first kappa shape index (κ1) is 35.8. The highest BCUT2D eigenvalue weighted by Gasteiger charge is 2.60. The smallest absolute Gasteiger partial charge is 0.254 e. The fourth-order valence-corrected chi connectivity index (χ4v) is 9.75. The summed E-state index contributed by atoms with van der Waals surface area (Å²) in [6.45, 7) is 5.08. The number of fused-ring (bicyclic) bond motifs is 3. The van der Waals surface area contributed by atoms with Crippen LogP contribution in [0.4, 0.5) is 4.39 Å². The Morgan fingerprint density at radius 1 is 1.18 bits per heavy atom. The second-order valence-corrected chi connectivity index (χ2v) is 17.6. The molecule has 0 radical (unpaired) electrons. The van der Waals surface area contributed by atoms with Gasteiger partial charge in [-0.25, -0.2) is 22.8 Å². The second kappa shape index (κ2) is 14.1. The molecule has 2 amide bonds. The van der Waals surface area contributed by atoms with Crippen LogP contribution in [0.1, 0.15) is 76.8 Å². The largest absolute Gasteiger partial charge is 0.494 e. The molecule has 14 heteroatoms. The molecule has 3 saturated carbocycles. The molecule has 2 N–H and O–H groups in total. The lowest BCUT2D eigenvalue weighted by molar-refractivity contribution is -0.135. The number of ether oxygens (including phenoxy) is 2. The molecule has 4 aliphatic rings. The van der Waals surface area contributed by atoms with E-state index in [0.717, 1.165) is 25.0 Å². The van der Waals surface area contributed by atoms with Gasteiger partial charge in [0, 0.05) is 42.3 Å². The van der Waals surface area contributed by atoms with Gasteiger partial charge in [0.2, 0.25) is 15.9 Å². The Kier molecular flexibility index (Phi) is 9.87. The molecule has 7 rings (SSSR count). The van der Waals surface area contributed by atoms with Crippen molar-refractivity contribution in [3.05, 3.63) is 47.2 Å². The fraction of sp³-hybridized carbons (Fsp3) is 0.568. The minimum atomic E-state index is -3.73. The number of carbonyl (C=O) groups excluding carboxylic acids is 2. The van der Waals surface area contributed by atoms with Gasteiger partial charge in [-0.3, -0.25) is 14.3 Å². The third-order valence-electron chi connectivity index (χ3n) is 10.8. The van der Waals surface area contributed by atoms with Crippen LogP contribution in [0.2, 0.25) is 0 Å². The summed E-state index contributed by atoms with van der Waals surface area (Å²) in [5.74, 6) is -1.11. The van der Waals surface area contributed by atoms with Crippen LogP contribution >= 0.6 is 11.3 Å². The number of pyridine rings is 1. The number of allylic oxidation sites excluding steroid dienone is 1. The molecule has 3 fully saturated rings. The van der Waals surface area contributed by atoms with Gasteiger partial charge in [-0.05, 0) is 81.9 Å². The van der Waals surface area contributed by atoms with Crippen molar-refractivity contribution >= 4 is 44.1 Å². The van der Waals surface area contributed by atoms with Crippen molar-refractivity contribution in [3.63, 3.8) is 0 Å². The number of benzene rings is 1. The summed E-state index contributed by atoms with van der Waals surface area (Å²) >= 11 is 1.44. The minimum Gasteiger partial charge on any atom is -0.494 e. The van der Waals surface area contributed by atoms with Crippen LogP contribution in [0.3, 0.4) is 0 Å². The maximum atomic E-state index is 15.7. The van der Waals surface area contributed by atoms with E-state index in [0.29, 0.717) is 67.0 Å². The molecule has 0 spiro atoms. The fourth-order valence-electron chi connectivity index (χ4n) is 7.45. The lowest BCUT2D eigenvalue weighted by Crippen LogP contribution is -2.52. The van der Waals surface area contributed by atoms with Crippen molar-refractivity contribution in [2.45, 2.75) is 88.0 Å². The Bertz CT molecular complexity index is 1960. The van der Waals surface area contributed by atoms with Gasteiger partial charge < -0.3 is 19.7 Å². The Morgan fingerprint density at radius 2 is 1.98 bits per heavy atom. The molecule has 0 saturated heterocycles. The van der Waals surface area contributed by atoms with Crippen LogP contribution < -0.4 is 19.5 Å². The second-order valence-electron chi connectivity index (χ2n) is 14.8. The molecule has 3 heterocycles. The number of nitrogens with zero attached hydrogens (tertiary/aromatic N) is 3. The molecule has 5 atom stereocenters. The number of halogens is 1. The molecule has 3 aromatic rings. The zero-order valence-corrected chi connectivity index (χ0v) is 31.1. The Labute approximate surface area is 302 Å². The molecule has 2 aromatic heterocycles. The summed E-state index contributed by atoms with van der Waals surface area (Å²) in [6, 6.07) is 5.08. The Balaban J connectivity index is 1.18. The first-order valence-corrected chi connectivity index (χ1v) is 20.3. The van der Waals surface area contributed by atoms with Crippen molar-refractivity contribution in [1.82, 2.24) is 24.9 Å². The van der Waals surface area contributed by atoms with E-state index in [1.807, 2.05) is 18.5 Å². The number of rotatable bonds is 8. The van der Waals surface area contributed by atoms with Gasteiger partial charge in [0.05, 0.1) is 24.2 Å². The minimum absolute atomic E-state index is 0.0164. The number of amides is 2. The number of aromatic nitrogens is 2. The third-order valence-corrected chi connectivity index (χ3v) is 13.5. The number of thiazole rings is 1. The third kappa shape index (κ3) is 7.23. The van der Waals surface area contributed by atoms with Crippen molar-refractivity contribution < 1.29 is 31.9 Å². The van der Waals surface area contributed by atoms with Crippen LogP contribution in [0.15, 0.2) is 35.7 Å². The van der Waals surface area contributed by atoms with Crippen LogP contribution in [0.5, 0.6) is 11.5 Å². The van der Waals surface area contributed by atoms with E-state index in [4.69, 9.17) is 14.5 Å². The highest BCUT2D eigenvalue weighted by atomic mass is 32.2. The zero-order valence-electron chi connectivity index (χ0n) is 29.5. The zero-order chi connectivity index (χ0) is 36.1. The van der Waals surface area contributed by atoms with Gasteiger partial charge in [0.25, 0.3) is 5.91 Å². The average Bonchev–Trinajstić information content (AvgIpc) is 3.99. The van der Waals surface area contributed by atoms with E-state index in [-0.39, 0.29) is 34.9 Å². The van der Waals surface area contributed by atoms with Gasteiger partial charge in [-0.1, -0.05) is 26.0 Å². The molecule has 0 unspecified atom stereocenters. The van der Waals surface area contributed by atoms with E-state index in [9.17, 15) is 18.0 Å². The molecule has 0 bridgehead atoms. The van der Waals surface area contributed by atoms with Gasteiger partial charge >= 0.3 is 0 Å². The van der Waals surface area contributed by atoms with Crippen LogP contribution in [-0.2, 0) is 19.6 Å². The number of carbonyl (C=O) groups is 2. The highest BCUT2D eigenvalue weighted by Crippen LogP contribution is 2.47. The molecular weight excluding hydrogens is 694 g/mol. The Hall–Kier alpha value is -3.62. The lowest BCUT2D eigenvalue weighted by atomic mass is 9.93. The molecular formula is C37H46FN5O6S2. The van der Waals surface area contributed by atoms with E-state index < -0.39 is 44.6 Å². The number of hydrogen-bond donors (Lipinski definition) is 2. The summed E-state index contributed by atoms with van der Waals surface area (Å²) in [5.41, 5.74) is 0.454. The van der Waals surface area contributed by atoms with Crippen molar-refractivity contribution in [1.29, 1.82) is 0 Å². The SMILES string of the molecule is COc1ccc2c(O[C@@H]3C[C@H]4CN[C@]5(C(=O)NS(=O)(=O)C6CC6)C[C@H]5/C=C\CCCCN(C)C(=O)[C@@H]4C3)cc(-c3nc(C(C)C)cs3)nc2c1F. The summed E-state index contributed by atoms with van der Waals surface area (Å²) in [6.07, 6.45) is 8.78. The maximum absolute atomic E-state index is 15.7. The van der Waals surface area contributed by atoms with Crippen LogP contribution in [0, 0.1) is 23.6 Å². The van der Waals surface area contributed by atoms with Crippen molar-refractivity contribution in [2.24, 2.45) is 17.8 Å². The van der Waals surface area contributed by atoms with Crippen LogP contribution in [-0.4, -0.2) is 79.2 Å². The first-order chi connectivity index (χ1) is 24.4. The summed E-state index contributed by atoms with van der Waals surface area (Å²) in [4.78, 5) is 38.8. The highest BCUT2D eigenvalue weighted by molar-refractivity contribution is 7.91. The summed E-state index contributed by atoms with van der Waals surface area (Å²) < 4.78 is 55.6. The maximum Gasteiger partial charge on any atom is 0.254 e. The van der Waals surface area contributed by atoms with Crippen LogP contribution in [0.25, 0.3) is 21.6 Å². The number of hydrogen-bond acceptors (Lipinski definition) is 10. The quantitative estimate of drug-likeness (QED) is 0.285. The van der Waals surface area contributed by atoms with Crippen molar-refractivity contribution in [3.8, 4) is 22.2 Å². The van der Waals surface area contributed by atoms with Gasteiger partial charge in [-0.15, -0.1) is 11.3 Å². The molecule has 11 nitrogen and oxygen atoms in total. The van der Waals surface area contributed by atoms with E-state index in [1.54, 1.807) is 23.1 Å². The van der Waals surface area contributed by atoms with E-state index >= 15 is 4.39 Å². The van der Waals surface area contributed by atoms with Gasteiger partial charge in [0.1, 0.15) is 27.5 Å². The molecule has 51 heavy (non-hydrogen) atoms. The van der Waals surface area contributed by atoms with Gasteiger partial charge in [-0.2, -0.15) is 0 Å². The van der Waals surface area contributed by atoms with Gasteiger partial charge in [0.15, 0.2) is 11.6 Å².